The van der Waals surface area contributed by atoms with E-state index in [1.165, 1.54) is 7.11 Å². The molecule has 1 N–H and O–H groups in total. The highest BCUT2D eigenvalue weighted by atomic mass is 19.4. The first-order chi connectivity index (χ1) is 9.01. The highest BCUT2D eigenvalue weighted by molar-refractivity contribution is 5.87. The van der Waals surface area contributed by atoms with Gasteiger partial charge in [0.05, 0.1) is 13.7 Å². The van der Waals surface area contributed by atoms with Crippen LogP contribution in [0.3, 0.4) is 0 Å². The van der Waals surface area contributed by atoms with Gasteiger partial charge >= 0.3 is 6.18 Å². The average Bonchev–Trinajstić information content (AvgIpc) is 2.37. The number of methoxy groups -OCH3 is 1. The van der Waals surface area contributed by atoms with Crippen molar-refractivity contribution in [1.82, 2.24) is 5.32 Å². The van der Waals surface area contributed by atoms with Crippen molar-refractivity contribution >= 4 is 10.8 Å². The van der Waals surface area contributed by atoms with E-state index >= 15 is 0 Å². The molecule has 0 heterocycles. The molecule has 0 aliphatic carbocycles. The Balaban J connectivity index is 2.29. The topological polar surface area (TPSA) is 21.3 Å². The Morgan fingerprint density at radius 2 is 1.84 bits per heavy atom. The van der Waals surface area contributed by atoms with Crippen LogP contribution in [0.25, 0.3) is 10.8 Å². The van der Waals surface area contributed by atoms with Crippen LogP contribution in [0.1, 0.15) is 5.56 Å². The molecule has 2 rings (SSSR count). The van der Waals surface area contributed by atoms with E-state index in [1.807, 2.05) is 30.3 Å². The van der Waals surface area contributed by atoms with E-state index in [1.54, 1.807) is 6.07 Å². The summed E-state index contributed by atoms with van der Waals surface area (Å²) >= 11 is 0. The fourth-order valence-electron chi connectivity index (χ4n) is 2.02. The van der Waals surface area contributed by atoms with Crippen molar-refractivity contribution in [2.75, 3.05) is 13.7 Å². The third kappa shape index (κ3) is 3.38. The van der Waals surface area contributed by atoms with Crippen LogP contribution in [0, 0.1) is 0 Å². The molecule has 0 unspecified atom stereocenters. The molecule has 0 aromatic heterocycles. The summed E-state index contributed by atoms with van der Waals surface area (Å²) in [6.07, 6.45) is -4.21. The second-order valence-corrected chi connectivity index (χ2v) is 4.19. The molecule has 0 aliphatic rings. The first kappa shape index (κ1) is 13.7. The minimum Gasteiger partial charge on any atom is -0.496 e. The van der Waals surface area contributed by atoms with Gasteiger partial charge in [-0.15, -0.1) is 0 Å². The monoisotopic (exact) mass is 269 g/mol. The molecule has 0 saturated carbocycles. The molecular weight excluding hydrogens is 255 g/mol. The summed E-state index contributed by atoms with van der Waals surface area (Å²) in [5.74, 6) is 0.591. The number of rotatable bonds is 4. The Bertz CT molecular complexity index is 566. The molecule has 0 spiro atoms. The van der Waals surface area contributed by atoms with Crippen molar-refractivity contribution in [2.24, 2.45) is 0 Å². The second kappa shape index (κ2) is 5.48. The molecule has 0 aliphatic heterocycles. The lowest BCUT2D eigenvalue weighted by Gasteiger charge is -2.14. The minimum atomic E-state index is -4.21. The zero-order valence-corrected chi connectivity index (χ0v) is 10.4. The third-order valence-corrected chi connectivity index (χ3v) is 2.84. The molecule has 0 atom stereocenters. The molecule has 5 heteroatoms. The number of halogens is 3. The van der Waals surface area contributed by atoms with E-state index in [2.05, 4.69) is 5.32 Å². The standard InChI is InChI=1S/C14H14F3NO/c1-19-13-7-6-10-4-2-3-5-11(10)12(13)8-18-9-14(15,16)17/h2-7,18H,8-9H2,1H3. The average molecular weight is 269 g/mol. The van der Waals surface area contributed by atoms with Crippen molar-refractivity contribution in [3.63, 3.8) is 0 Å². The van der Waals surface area contributed by atoms with Gasteiger partial charge in [-0.05, 0) is 16.8 Å². The van der Waals surface area contributed by atoms with E-state index in [9.17, 15) is 13.2 Å². The predicted molar refractivity (Wildman–Crippen MR) is 68.3 cm³/mol. The summed E-state index contributed by atoms with van der Waals surface area (Å²) < 4.78 is 41.7. The number of nitrogens with one attached hydrogen (secondary N) is 1. The Labute approximate surface area is 109 Å². The lowest BCUT2D eigenvalue weighted by atomic mass is 10.0. The largest absolute Gasteiger partial charge is 0.496 e. The summed E-state index contributed by atoms with van der Waals surface area (Å²) in [6, 6.07) is 11.2. The molecule has 2 aromatic carbocycles. The van der Waals surface area contributed by atoms with Gasteiger partial charge in [-0.3, -0.25) is 0 Å². The molecule has 2 nitrogen and oxygen atoms in total. The van der Waals surface area contributed by atoms with Gasteiger partial charge in [-0.1, -0.05) is 30.3 Å². The zero-order chi connectivity index (χ0) is 13.9. The molecular formula is C14H14F3NO. The van der Waals surface area contributed by atoms with Gasteiger partial charge in [-0.2, -0.15) is 13.2 Å². The van der Waals surface area contributed by atoms with Crippen LogP contribution in [0.4, 0.5) is 13.2 Å². The summed E-state index contributed by atoms with van der Waals surface area (Å²) in [6.45, 7) is -0.899. The molecule has 0 bridgehead atoms. The molecule has 2 aromatic rings. The fraction of sp³-hybridized carbons (Fsp3) is 0.286. The number of alkyl halides is 3. The highest BCUT2D eigenvalue weighted by Gasteiger charge is 2.26. The minimum absolute atomic E-state index is 0.115. The molecule has 0 saturated heterocycles. The Morgan fingerprint density at radius 1 is 1.11 bits per heavy atom. The maximum atomic E-state index is 12.2. The van der Waals surface area contributed by atoms with Gasteiger partial charge in [0.2, 0.25) is 0 Å². The van der Waals surface area contributed by atoms with Gasteiger partial charge in [0.1, 0.15) is 5.75 Å². The molecule has 0 radical (unpaired) electrons. The van der Waals surface area contributed by atoms with Gasteiger partial charge in [0.15, 0.2) is 0 Å². The SMILES string of the molecule is COc1ccc2ccccc2c1CNCC(F)(F)F. The summed E-state index contributed by atoms with van der Waals surface area (Å²) in [7, 11) is 1.51. The van der Waals surface area contributed by atoms with Crippen LogP contribution < -0.4 is 10.1 Å². The van der Waals surface area contributed by atoms with Crippen LogP contribution in [0.2, 0.25) is 0 Å². The first-order valence-corrected chi connectivity index (χ1v) is 5.83. The van der Waals surface area contributed by atoms with Crippen LogP contribution in [0.5, 0.6) is 5.75 Å². The van der Waals surface area contributed by atoms with Crippen LogP contribution >= 0.6 is 0 Å². The normalized spacial score (nSPS) is 11.8. The quantitative estimate of drug-likeness (QED) is 0.917. The van der Waals surface area contributed by atoms with Gasteiger partial charge in [0.25, 0.3) is 0 Å². The second-order valence-electron chi connectivity index (χ2n) is 4.19. The predicted octanol–water partition coefficient (Wildman–Crippen LogP) is 3.50. The number of benzene rings is 2. The maximum absolute atomic E-state index is 12.2. The Kier molecular flexibility index (Phi) is 3.95. The summed E-state index contributed by atoms with van der Waals surface area (Å²) in [4.78, 5) is 0. The molecule has 102 valence electrons. The van der Waals surface area contributed by atoms with Gasteiger partial charge in [-0.25, -0.2) is 0 Å². The summed E-state index contributed by atoms with van der Waals surface area (Å²) in [5.41, 5.74) is 0.741. The Morgan fingerprint density at radius 3 is 2.53 bits per heavy atom. The van der Waals surface area contributed by atoms with E-state index < -0.39 is 12.7 Å². The van der Waals surface area contributed by atoms with Crippen molar-refractivity contribution in [2.45, 2.75) is 12.7 Å². The van der Waals surface area contributed by atoms with Gasteiger partial charge < -0.3 is 10.1 Å². The third-order valence-electron chi connectivity index (χ3n) is 2.84. The maximum Gasteiger partial charge on any atom is 0.401 e. The van der Waals surface area contributed by atoms with E-state index in [4.69, 9.17) is 4.74 Å². The molecule has 19 heavy (non-hydrogen) atoms. The molecule has 0 amide bonds. The lowest BCUT2D eigenvalue weighted by Crippen LogP contribution is -2.28. The highest BCUT2D eigenvalue weighted by Crippen LogP contribution is 2.28. The van der Waals surface area contributed by atoms with Crippen molar-refractivity contribution < 1.29 is 17.9 Å². The molecule has 0 fully saturated rings. The first-order valence-electron chi connectivity index (χ1n) is 5.83. The number of hydrogen-bond donors (Lipinski definition) is 1. The lowest BCUT2D eigenvalue weighted by molar-refractivity contribution is -0.125. The van der Waals surface area contributed by atoms with Crippen LogP contribution in [-0.4, -0.2) is 19.8 Å². The van der Waals surface area contributed by atoms with Crippen LogP contribution in [-0.2, 0) is 6.54 Å². The van der Waals surface area contributed by atoms with E-state index in [0.29, 0.717) is 5.75 Å². The van der Waals surface area contributed by atoms with Crippen LogP contribution in [0.15, 0.2) is 36.4 Å². The zero-order valence-electron chi connectivity index (χ0n) is 10.4. The number of hydrogen-bond acceptors (Lipinski definition) is 2. The van der Waals surface area contributed by atoms with Crippen molar-refractivity contribution in [3.05, 3.63) is 42.0 Å². The van der Waals surface area contributed by atoms with Gasteiger partial charge in [0, 0.05) is 12.1 Å². The fourth-order valence-corrected chi connectivity index (χ4v) is 2.02. The van der Waals surface area contributed by atoms with E-state index in [0.717, 1.165) is 16.3 Å². The number of fused-ring (bicyclic) bond motifs is 1. The smallest absolute Gasteiger partial charge is 0.401 e. The van der Waals surface area contributed by atoms with E-state index in [-0.39, 0.29) is 6.54 Å². The Hall–Kier alpha value is -1.75. The van der Waals surface area contributed by atoms with Crippen molar-refractivity contribution in [3.8, 4) is 5.75 Å². The number of ether oxygens (including phenoxy) is 1. The van der Waals surface area contributed by atoms with Crippen molar-refractivity contribution in [1.29, 1.82) is 0 Å². The summed E-state index contributed by atoms with van der Waals surface area (Å²) in [5, 5.41) is 4.28.